The molecule has 1 atom stereocenters. The summed E-state index contributed by atoms with van der Waals surface area (Å²) >= 11 is 0. The van der Waals surface area contributed by atoms with E-state index in [1.807, 2.05) is 34.6 Å². The highest BCUT2D eigenvalue weighted by Crippen LogP contribution is 2.40. The molecular formula is C30H44N4O6. The van der Waals surface area contributed by atoms with Crippen LogP contribution < -0.4 is 9.64 Å². The van der Waals surface area contributed by atoms with Gasteiger partial charge in [0.25, 0.3) is 11.8 Å². The third-order valence-electron chi connectivity index (χ3n) is 7.08. The number of benzene rings is 1. The lowest BCUT2D eigenvalue weighted by Gasteiger charge is -2.42. The van der Waals surface area contributed by atoms with Crippen LogP contribution in [-0.4, -0.2) is 84.3 Å². The molecule has 0 saturated carbocycles. The van der Waals surface area contributed by atoms with Crippen LogP contribution in [0.2, 0.25) is 0 Å². The third kappa shape index (κ3) is 7.05. The summed E-state index contributed by atoms with van der Waals surface area (Å²) in [5.41, 5.74) is -0.858. The number of methoxy groups -OCH3 is 1. The average molecular weight is 557 g/mol. The monoisotopic (exact) mass is 556 g/mol. The number of rotatable bonds is 8. The van der Waals surface area contributed by atoms with Gasteiger partial charge in [-0.15, -0.1) is 0 Å². The Labute approximate surface area is 238 Å². The molecule has 2 aliphatic heterocycles. The fraction of sp³-hybridized carbons (Fsp3) is 0.667. The summed E-state index contributed by atoms with van der Waals surface area (Å²) in [6, 6.07) is 4.89. The van der Waals surface area contributed by atoms with Crippen LogP contribution in [-0.2, 0) is 14.3 Å². The zero-order valence-corrected chi connectivity index (χ0v) is 25.2. The Bertz CT molecular complexity index is 1150. The molecule has 1 aromatic carbocycles. The Balaban J connectivity index is 1.96. The van der Waals surface area contributed by atoms with E-state index in [-0.39, 0.29) is 35.0 Å². The van der Waals surface area contributed by atoms with Crippen LogP contribution in [0.25, 0.3) is 0 Å². The predicted molar refractivity (Wildman–Crippen MR) is 151 cm³/mol. The summed E-state index contributed by atoms with van der Waals surface area (Å²) in [6.07, 6.45) is 2.52. The van der Waals surface area contributed by atoms with Crippen LogP contribution in [0.15, 0.2) is 12.1 Å². The number of amides is 3. The minimum atomic E-state index is -1.11. The standard InChI is InChI=1S/C30H44N4O6/c1-20(2)34(22-12-11-13-32(19-22)28(37)40-29(3,4)5)26(35)23-17-24-25(16-21(23)18-31)39-30(6,7)27(36)33(24)14-9-10-15-38-8/h16-17,20,22H,9-15,19H2,1-8H3/t22-/m1/s1. The molecule has 0 unspecified atom stereocenters. The molecule has 0 spiro atoms. The zero-order chi connectivity index (χ0) is 29.8. The molecule has 2 heterocycles. The van der Waals surface area contributed by atoms with Crippen molar-refractivity contribution in [3.63, 3.8) is 0 Å². The molecule has 10 heteroatoms. The number of fused-ring (bicyclic) bond motifs is 1. The molecule has 3 amide bonds. The molecule has 0 aliphatic carbocycles. The second-order valence-electron chi connectivity index (χ2n) is 12.3. The van der Waals surface area contributed by atoms with E-state index in [1.165, 1.54) is 0 Å². The number of carbonyl (C=O) groups excluding carboxylic acids is 3. The molecular weight excluding hydrogens is 512 g/mol. The number of hydrogen-bond acceptors (Lipinski definition) is 7. The number of nitrogens with zero attached hydrogens (tertiary/aromatic N) is 4. The van der Waals surface area contributed by atoms with E-state index in [0.717, 1.165) is 19.3 Å². The molecule has 1 saturated heterocycles. The highest BCUT2D eigenvalue weighted by Gasteiger charge is 2.42. The minimum Gasteiger partial charge on any atom is -0.476 e. The first-order chi connectivity index (χ1) is 18.7. The number of carbonyl (C=O) groups is 3. The van der Waals surface area contributed by atoms with Gasteiger partial charge in [0.2, 0.25) is 0 Å². The maximum absolute atomic E-state index is 14.2. The summed E-state index contributed by atoms with van der Waals surface area (Å²) in [4.78, 5) is 45.4. The average Bonchev–Trinajstić information content (AvgIpc) is 2.86. The van der Waals surface area contributed by atoms with Crippen LogP contribution in [0.3, 0.4) is 0 Å². The Morgan fingerprint density at radius 2 is 1.95 bits per heavy atom. The van der Waals surface area contributed by atoms with Crippen LogP contribution in [0.5, 0.6) is 5.75 Å². The van der Waals surface area contributed by atoms with Crippen molar-refractivity contribution in [2.75, 3.05) is 38.3 Å². The minimum absolute atomic E-state index is 0.179. The maximum Gasteiger partial charge on any atom is 0.410 e. The molecule has 220 valence electrons. The van der Waals surface area contributed by atoms with Gasteiger partial charge in [-0.3, -0.25) is 9.59 Å². The van der Waals surface area contributed by atoms with E-state index in [0.29, 0.717) is 44.1 Å². The third-order valence-corrected chi connectivity index (χ3v) is 7.08. The van der Waals surface area contributed by atoms with Gasteiger partial charge in [-0.25, -0.2) is 4.79 Å². The summed E-state index contributed by atoms with van der Waals surface area (Å²) in [5.74, 6) is -0.127. The highest BCUT2D eigenvalue weighted by atomic mass is 16.6. The Kier molecular flexibility index (Phi) is 9.72. The van der Waals surface area contributed by atoms with Crippen LogP contribution in [0, 0.1) is 11.3 Å². The predicted octanol–water partition coefficient (Wildman–Crippen LogP) is 4.74. The molecule has 0 aromatic heterocycles. The molecule has 2 aliphatic rings. The van der Waals surface area contributed by atoms with Crippen LogP contribution in [0.1, 0.15) is 90.1 Å². The molecule has 40 heavy (non-hydrogen) atoms. The molecule has 1 aromatic rings. The number of hydrogen-bond donors (Lipinski definition) is 0. The molecule has 10 nitrogen and oxygen atoms in total. The van der Waals surface area contributed by atoms with Gasteiger partial charge in [0.05, 0.1) is 22.9 Å². The van der Waals surface area contributed by atoms with Gasteiger partial charge in [-0.1, -0.05) is 0 Å². The van der Waals surface area contributed by atoms with E-state index in [1.54, 1.807) is 47.8 Å². The molecule has 0 bridgehead atoms. The number of ether oxygens (including phenoxy) is 3. The fourth-order valence-electron chi connectivity index (χ4n) is 5.26. The second kappa shape index (κ2) is 12.5. The van der Waals surface area contributed by atoms with Crippen LogP contribution in [0.4, 0.5) is 10.5 Å². The van der Waals surface area contributed by atoms with E-state index in [9.17, 15) is 19.6 Å². The number of unbranched alkanes of at least 4 members (excludes halogenated alkanes) is 1. The van der Waals surface area contributed by atoms with Gasteiger partial charge in [-0.2, -0.15) is 5.26 Å². The Morgan fingerprint density at radius 3 is 2.55 bits per heavy atom. The lowest BCUT2D eigenvalue weighted by molar-refractivity contribution is -0.132. The van der Waals surface area contributed by atoms with E-state index in [2.05, 4.69) is 6.07 Å². The second-order valence-corrected chi connectivity index (χ2v) is 12.3. The number of anilines is 1. The van der Waals surface area contributed by atoms with Crippen LogP contribution >= 0.6 is 0 Å². The van der Waals surface area contributed by atoms with Crippen molar-refractivity contribution in [1.82, 2.24) is 9.80 Å². The van der Waals surface area contributed by atoms with E-state index in [4.69, 9.17) is 14.2 Å². The van der Waals surface area contributed by atoms with Gasteiger partial charge >= 0.3 is 6.09 Å². The van der Waals surface area contributed by atoms with Gasteiger partial charge < -0.3 is 28.9 Å². The lowest BCUT2D eigenvalue weighted by Crippen LogP contribution is -2.55. The molecule has 3 rings (SSSR count). The molecule has 1 fully saturated rings. The SMILES string of the molecule is COCCCCN1C(=O)C(C)(C)Oc2cc(C#N)c(C(=O)N(C(C)C)[C@@H]3CCCN(C(=O)OC(C)(C)C)C3)cc21. The first kappa shape index (κ1) is 31.2. The smallest absolute Gasteiger partial charge is 0.410 e. The van der Waals surface area contributed by atoms with E-state index >= 15 is 0 Å². The summed E-state index contributed by atoms with van der Waals surface area (Å²) < 4.78 is 16.8. The highest BCUT2D eigenvalue weighted by molar-refractivity contribution is 6.05. The van der Waals surface area contributed by atoms with Crippen molar-refractivity contribution in [2.45, 2.75) is 97.4 Å². The van der Waals surface area contributed by atoms with Gasteiger partial charge in [0.15, 0.2) is 5.60 Å². The van der Waals surface area contributed by atoms with Crippen molar-refractivity contribution < 1.29 is 28.6 Å². The molecule has 0 N–H and O–H groups in total. The largest absolute Gasteiger partial charge is 0.476 e. The normalized spacial score (nSPS) is 18.6. The first-order valence-electron chi connectivity index (χ1n) is 14.1. The number of piperidine rings is 1. The van der Waals surface area contributed by atoms with E-state index < -0.39 is 17.3 Å². The van der Waals surface area contributed by atoms with Gasteiger partial charge in [-0.05, 0) is 80.2 Å². The number of nitriles is 1. The topological polar surface area (TPSA) is 112 Å². The first-order valence-corrected chi connectivity index (χ1v) is 14.1. The van der Waals surface area contributed by atoms with Crippen molar-refractivity contribution in [3.8, 4) is 11.8 Å². The maximum atomic E-state index is 14.2. The van der Waals surface area contributed by atoms with Gasteiger partial charge in [0, 0.05) is 45.5 Å². The summed E-state index contributed by atoms with van der Waals surface area (Å²) in [7, 11) is 1.64. The van der Waals surface area contributed by atoms with Crippen molar-refractivity contribution in [3.05, 3.63) is 23.3 Å². The van der Waals surface area contributed by atoms with Crippen molar-refractivity contribution in [1.29, 1.82) is 5.26 Å². The lowest BCUT2D eigenvalue weighted by atomic mass is 9.97. The quantitative estimate of drug-likeness (QED) is 0.425. The van der Waals surface area contributed by atoms with Crippen molar-refractivity contribution >= 4 is 23.6 Å². The van der Waals surface area contributed by atoms with Gasteiger partial charge in [0.1, 0.15) is 17.4 Å². The Morgan fingerprint density at radius 1 is 1.25 bits per heavy atom. The summed E-state index contributed by atoms with van der Waals surface area (Å²) in [6.45, 7) is 14.6. The molecule has 0 radical (unpaired) electrons. The van der Waals surface area contributed by atoms with Crippen molar-refractivity contribution in [2.24, 2.45) is 0 Å². The zero-order valence-electron chi connectivity index (χ0n) is 25.2. The fourth-order valence-corrected chi connectivity index (χ4v) is 5.26. The number of likely N-dealkylation sites (tertiary alicyclic amines) is 1. The Hall–Kier alpha value is -3.32. The summed E-state index contributed by atoms with van der Waals surface area (Å²) in [5, 5.41) is 10.0.